The Bertz CT molecular complexity index is 432. The Labute approximate surface area is 95.6 Å². The largest absolute Gasteiger partial charge is 0.473 e. The quantitative estimate of drug-likeness (QED) is 0.254. The highest BCUT2D eigenvalue weighted by Crippen LogP contribution is 2.33. The number of hydrogen-bond acceptors (Lipinski definition) is 7. The molecule has 0 bridgehead atoms. The van der Waals surface area contributed by atoms with Gasteiger partial charge in [-0.15, -0.1) is 0 Å². The molecule has 0 radical (unpaired) electrons. The molecule has 16 heavy (non-hydrogen) atoms. The third-order valence-electron chi connectivity index (χ3n) is 1.52. The van der Waals surface area contributed by atoms with Crippen molar-refractivity contribution < 1.29 is 9.66 Å². The van der Waals surface area contributed by atoms with Gasteiger partial charge in [-0.05, 0) is 6.42 Å². The maximum Gasteiger partial charge on any atom is 0.363 e. The first-order valence-electron chi connectivity index (χ1n) is 4.38. The summed E-state index contributed by atoms with van der Waals surface area (Å²) in [6, 6.07) is 0. The van der Waals surface area contributed by atoms with Crippen LogP contribution in [0.4, 0.5) is 5.69 Å². The van der Waals surface area contributed by atoms with E-state index in [1.807, 2.05) is 6.92 Å². The van der Waals surface area contributed by atoms with Crippen molar-refractivity contribution in [3.8, 4) is 11.3 Å². The maximum atomic E-state index is 10.8. The molecule has 0 unspecified atom stereocenters. The summed E-state index contributed by atoms with van der Waals surface area (Å²) in [5.41, 5.74) is -0.359. The highest BCUT2D eigenvalue weighted by Gasteiger charge is 2.24. The lowest BCUT2D eigenvalue weighted by molar-refractivity contribution is -0.389. The molecular formula is C8H8N4O3S. The summed E-state index contributed by atoms with van der Waals surface area (Å²) in [7, 11) is 0. The van der Waals surface area contributed by atoms with Gasteiger partial charge in [-0.25, -0.2) is 4.98 Å². The van der Waals surface area contributed by atoms with E-state index in [2.05, 4.69) is 9.97 Å². The minimum Gasteiger partial charge on any atom is -0.473 e. The van der Waals surface area contributed by atoms with Crippen molar-refractivity contribution in [3.05, 3.63) is 16.4 Å². The second-order valence-electron chi connectivity index (χ2n) is 2.63. The molecule has 1 rings (SSSR count). The lowest BCUT2D eigenvalue weighted by Crippen LogP contribution is -2.03. The fraction of sp³-hybridized carbons (Fsp3) is 0.375. The molecule has 8 heteroatoms. The molecule has 0 saturated carbocycles. The average Bonchev–Trinajstić information content (AvgIpc) is 2.26. The summed E-state index contributed by atoms with van der Waals surface area (Å²) in [5, 5.41) is 21.0. The molecule has 0 aromatic carbocycles. The molecule has 1 aromatic heterocycles. The van der Waals surface area contributed by atoms with Gasteiger partial charge in [-0.3, -0.25) is 10.1 Å². The first-order chi connectivity index (χ1) is 7.70. The third-order valence-corrected chi connectivity index (χ3v) is 2.11. The smallest absolute Gasteiger partial charge is 0.363 e. The number of aromatic nitrogens is 2. The minimum absolute atomic E-state index is 0.00592. The van der Waals surface area contributed by atoms with Gasteiger partial charge in [-0.1, -0.05) is 6.92 Å². The number of nitriles is 1. The number of nitrogens with zero attached hydrogens (tertiary/aromatic N) is 4. The van der Waals surface area contributed by atoms with Crippen molar-refractivity contribution in [2.45, 2.75) is 18.4 Å². The monoisotopic (exact) mass is 240 g/mol. The Balaban J connectivity index is 3.12. The summed E-state index contributed by atoms with van der Waals surface area (Å²) in [6.07, 6.45) is 1.85. The van der Waals surface area contributed by atoms with E-state index in [1.165, 1.54) is 0 Å². The molecule has 0 saturated heterocycles. The zero-order valence-electron chi connectivity index (χ0n) is 8.41. The Morgan fingerprint density at radius 3 is 3.00 bits per heavy atom. The van der Waals surface area contributed by atoms with Crippen molar-refractivity contribution in [1.29, 1.82) is 5.26 Å². The van der Waals surface area contributed by atoms with Crippen molar-refractivity contribution in [2.24, 2.45) is 0 Å². The predicted molar refractivity (Wildman–Crippen MR) is 55.9 cm³/mol. The van der Waals surface area contributed by atoms with E-state index in [4.69, 9.17) is 10.00 Å². The fourth-order valence-corrected chi connectivity index (χ4v) is 1.37. The highest BCUT2D eigenvalue weighted by atomic mass is 32.2. The summed E-state index contributed by atoms with van der Waals surface area (Å²) in [6.45, 7) is 2.20. The Morgan fingerprint density at radius 1 is 1.69 bits per heavy atom. The second-order valence-corrected chi connectivity index (χ2v) is 3.40. The lowest BCUT2D eigenvalue weighted by Gasteiger charge is -2.04. The maximum absolute atomic E-state index is 10.8. The predicted octanol–water partition coefficient (Wildman–Crippen LogP) is 1.75. The Hall–Kier alpha value is -1.88. The van der Waals surface area contributed by atoms with Crippen LogP contribution in [0.5, 0.6) is 5.88 Å². The molecular weight excluding hydrogens is 232 g/mol. The number of ether oxygens (including phenoxy) is 1. The number of thioether (sulfide) groups is 1. The van der Waals surface area contributed by atoms with Crippen LogP contribution in [0.25, 0.3) is 0 Å². The zero-order chi connectivity index (χ0) is 12.0. The second kappa shape index (κ2) is 5.87. The molecule has 0 fully saturated rings. The van der Waals surface area contributed by atoms with E-state index in [1.54, 1.807) is 5.40 Å². The molecule has 1 heterocycles. The van der Waals surface area contributed by atoms with Crippen LogP contribution in [0, 0.1) is 20.8 Å². The van der Waals surface area contributed by atoms with Crippen LogP contribution in [0.3, 0.4) is 0 Å². The van der Waals surface area contributed by atoms with Gasteiger partial charge in [-0.2, -0.15) is 10.2 Å². The van der Waals surface area contributed by atoms with Gasteiger partial charge in [0.2, 0.25) is 0 Å². The number of nitro groups is 1. The van der Waals surface area contributed by atoms with Crippen molar-refractivity contribution in [1.82, 2.24) is 9.97 Å². The van der Waals surface area contributed by atoms with E-state index in [0.717, 1.165) is 6.33 Å². The van der Waals surface area contributed by atoms with Gasteiger partial charge < -0.3 is 4.74 Å². The van der Waals surface area contributed by atoms with Gasteiger partial charge in [0.15, 0.2) is 5.03 Å². The third kappa shape index (κ3) is 2.80. The van der Waals surface area contributed by atoms with Crippen LogP contribution in [0.15, 0.2) is 11.4 Å². The van der Waals surface area contributed by atoms with Gasteiger partial charge in [0.25, 0.3) is 5.88 Å². The van der Waals surface area contributed by atoms with E-state index >= 15 is 0 Å². The molecule has 0 aliphatic carbocycles. The number of rotatable bonds is 5. The first kappa shape index (κ1) is 12.2. The van der Waals surface area contributed by atoms with Crippen LogP contribution in [-0.2, 0) is 0 Å². The van der Waals surface area contributed by atoms with Crippen molar-refractivity contribution >= 4 is 17.4 Å². The van der Waals surface area contributed by atoms with Crippen LogP contribution >= 0.6 is 11.8 Å². The first-order valence-corrected chi connectivity index (χ1v) is 5.20. The van der Waals surface area contributed by atoms with Gasteiger partial charge in [0.05, 0.1) is 11.5 Å². The van der Waals surface area contributed by atoms with Crippen LogP contribution < -0.4 is 4.74 Å². The van der Waals surface area contributed by atoms with Crippen molar-refractivity contribution in [2.75, 3.05) is 6.61 Å². The summed E-state index contributed by atoms with van der Waals surface area (Å²) in [5.74, 6) is -0.0976. The number of hydrogen-bond donors (Lipinski definition) is 0. The van der Waals surface area contributed by atoms with Gasteiger partial charge in [0.1, 0.15) is 11.7 Å². The Morgan fingerprint density at radius 2 is 2.44 bits per heavy atom. The summed E-state index contributed by atoms with van der Waals surface area (Å²) >= 11 is 0.611. The van der Waals surface area contributed by atoms with Crippen LogP contribution in [0.2, 0.25) is 0 Å². The molecule has 1 aromatic rings. The normalized spacial score (nSPS) is 9.50. The summed E-state index contributed by atoms with van der Waals surface area (Å²) < 4.78 is 5.12. The van der Waals surface area contributed by atoms with Gasteiger partial charge in [0, 0.05) is 11.8 Å². The van der Waals surface area contributed by atoms with Crippen LogP contribution in [-0.4, -0.2) is 21.5 Å². The summed E-state index contributed by atoms with van der Waals surface area (Å²) in [4.78, 5) is 17.5. The van der Waals surface area contributed by atoms with Gasteiger partial charge >= 0.3 is 5.69 Å². The van der Waals surface area contributed by atoms with E-state index in [-0.39, 0.29) is 16.6 Å². The zero-order valence-corrected chi connectivity index (χ0v) is 9.23. The molecule has 0 amide bonds. The molecule has 0 spiro atoms. The van der Waals surface area contributed by atoms with E-state index < -0.39 is 4.92 Å². The number of thiocyanates is 1. The fourth-order valence-electron chi connectivity index (χ4n) is 0.926. The highest BCUT2D eigenvalue weighted by molar-refractivity contribution is 8.03. The lowest BCUT2D eigenvalue weighted by atomic mass is 10.5. The average molecular weight is 240 g/mol. The molecule has 0 N–H and O–H groups in total. The molecule has 84 valence electrons. The van der Waals surface area contributed by atoms with E-state index in [9.17, 15) is 10.1 Å². The Kier molecular flexibility index (Phi) is 4.47. The van der Waals surface area contributed by atoms with E-state index in [0.29, 0.717) is 24.8 Å². The molecule has 0 aliphatic rings. The van der Waals surface area contributed by atoms with Crippen LogP contribution in [0.1, 0.15) is 13.3 Å². The molecule has 0 aliphatic heterocycles. The SMILES string of the molecule is CCCOc1ncnc(SC#N)c1[N+](=O)[O-]. The molecule has 0 atom stereocenters. The van der Waals surface area contributed by atoms with Crippen molar-refractivity contribution in [3.63, 3.8) is 0 Å². The topological polar surface area (TPSA) is 102 Å². The standard InChI is InChI=1S/C8H8N4O3S/c1-2-3-15-7-6(12(13)14)8(16-4-9)11-5-10-7/h5H,2-3H2,1H3. The molecule has 7 nitrogen and oxygen atoms in total. The minimum atomic E-state index is -0.648.